The van der Waals surface area contributed by atoms with Gasteiger partial charge in [0.25, 0.3) is 0 Å². The summed E-state index contributed by atoms with van der Waals surface area (Å²) in [7, 11) is 0. The van der Waals surface area contributed by atoms with Crippen LogP contribution in [0.3, 0.4) is 0 Å². The third-order valence-corrected chi connectivity index (χ3v) is 6.17. The second kappa shape index (κ2) is 2.77. The van der Waals surface area contributed by atoms with Gasteiger partial charge in [-0.25, -0.2) is 0 Å². The van der Waals surface area contributed by atoms with E-state index in [1.165, 1.54) is 12.8 Å². The molecule has 14 heavy (non-hydrogen) atoms. The molecular weight excluding hydrogens is 168 g/mol. The topological polar surface area (TPSA) is 0 Å². The van der Waals surface area contributed by atoms with Crippen molar-refractivity contribution in [2.24, 2.45) is 34.5 Å². The van der Waals surface area contributed by atoms with Crippen LogP contribution < -0.4 is 0 Å². The fraction of sp³-hybridized carbons (Fsp3) is 1.00. The molecule has 0 heteroatoms. The lowest BCUT2D eigenvalue weighted by Crippen LogP contribution is -2.44. The van der Waals surface area contributed by atoms with Gasteiger partial charge in [0, 0.05) is 0 Å². The van der Waals surface area contributed by atoms with E-state index in [-0.39, 0.29) is 0 Å². The average molecular weight is 194 g/mol. The number of fused-ring (bicyclic) bond motifs is 1. The van der Waals surface area contributed by atoms with Gasteiger partial charge >= 0.3 is 0 Å². The molecule has 0 nitrogen and oxygen atoms in total. The highest BCUT2D eigenvalue weighted by atomic mass is 14.7. The first kappa shape index (κ1) is 10.5. The molecule has 0 amide bonds. The smallest absolute Gasteiger partial charge is 0.0220 e. The van der Waals surface area contributed by atoms with Gasteiger partial charge in [0.2, 0.25) is 0 Å². The molecule has 0 radical (unpaired) electrons. The minimum Gasteiger partial charge on any atom is -0.0622 e. The largest absolute Gasteiger partial charge is 0.0622 e. The van der Waals surface area contributed by atoms with Crippen LogP contribution in [0, 0.1) is 34.5 Å². The van der Waals surface area contributed by atoms with Crippen molar-refractivity contribution in [2.45, 2.75) is 54.4 Å². The standard InChI is InChI=1S/C14H26/c1-9(2)14(6)11(4)7-10(3)12-8-13(12,14)5/h9-12H,7-8H2,1-6H3. The molecule has 0 aromatic heterocycles. The molecule has 0 heterocycles. The molecule has 0 aliphatic heterocycles. The van der Waals surface area contributed by atoms with E-state index in [0.717, 1.165) is 23.7 Å². The fourth-order valence-electron chi connectivity index (χ4n) is 4.60. The Kier molecular flexibility index (Phi) is 2.08. The maximum Gasteiger partial charge on any atom is -0.0220 e. The normalized spacial score (nSPS) is 57.2. The Balaban J connectivity index is 2.33. The summed E-state index contributed by atoms with van der Waals surface area (Å²) in [6.45, 7) is 14.9. The zero-order chi connectivity index (χ0) is 10.7. The molecule has 0 aromatic rings. The Bertz CT molecular complexity index is 242. The minimum atomic E-state index is 0.587. The van der Waals surface area contributed by atoms with E-state index in [1.54, 1.807) is 0 Å². The third-order valence-electron chi connectivity index (χ3n) is 6.17. The zero-order valence-corrected chi connectivity index (χ0v) is 10.7. The molecule has 82 valence electrons. The summed E-state index contributed by atoms with van der Waals surface area (Å²) in [4.78, 5) is 0. The Labute approximate surface area is 89.5 Å². The minimum absolute atomic E-state index is 0.587. The molecule has 2 rings (SSSR count). The number of hydrogen-bond donors (Lipinski definition) is 0. The molecular formula is C14H26. The summed E-state index contributed by atoms with van der Waals surface area (Å²) < 4.78 is 0. The number of hydrogen-bond acceptors (Lipinski definition) is 0. The zero-order valence-electron chi connectivity index (χ0n) is 10.7. The summed E-state index contributed by atoms with van der Waals surface area (Å²) in [6.07, 6.45) is 2.95. The van der Waals surface area contributed by atoms with Crippen LogP contribution in [0.5, 0.6) is 0 Å². The third kappa shape index (κ3) is 1.01. The second-order valence-corrected chi connectivity index (χ2v) is 6.78. The van der Waals surface area contributed by atoms with Gasteiger partial charge < -0.3 is 0 Å². The van der Waals surface area contributed by atoms with Crippen molar-refractivity contribution in [1.29, 1.82) is 0 Å². The summed E-state index contributed by atoms with van der Waals surface area (Å²) in [6, 6.07) is 0. The summed E-state index contributed by atoms with van der Waals surface area (Å²) in [5.41, 5.74) is 1.25. The predicted molar refractivity (Wildman–Crippen MR) is 62.1 cm³/mol. The number of rotatable bonds is 1. The molecule has 0 bridgehead atoms. The Morgan fingerprint density at radius 2 is 1.71 bits per heavy atom. The molecule has 2 aliphatic rings. The van der Waals surface area contributed by atoms with Crippen LogP contribution >= 0.6 is 0 Å². The van der Waals surface area contributed by atoms with Crippen LogP contribution in [-0.2, 0) is 0 Å². The van der Waals surface area contributed by atoms with E-state index in [9.17, 15) is 0 Å². The Morgan fingerprint density at radius 3 is 2.21 bits per heavy atom. The van der Waals surface area contributed by atoms with Gasteiger partial charge in [-0.15, -0.1) is 0 Å². The van der Waals surface area contributed by atoms with Crippen molar-refractivity contribution in [3.63, 3.8) is 0 Å². The van der Waals surface area contributed by atoms with Crippen molar-refractivity contribution in [1.82, 2.24) is 0 Å². The monoisotopic (exact) mass is 194 g/mol. The Morgan fingerprint density at radius 1 is 1.14 bits per heavy atom. The van der Waals surface area contributed by atoms with E-state index >= 15 is 0 Å². The van der Waals surface area contributed by atoms with Crippen molar-refractivity contribution in [3.05, 3.63) is 0 Å². The van der Waals surface area contributed by atoms with Crippen molar-refractivity contribution in [3.8, 4) is 0 Å². The highest BCUT2D eigenvalue weighted by Crippen LogP contribution is 2.74. The van der Waals surface area contributed by atoms with E-state index in [2.05, 4.69) is 41.5 Å². The quantitative estimate of drug-likeness (QED) is 0.582. The van der Waals surface area contributed by atoms with Crippen LogP contribution in [-0.4, -0.2) is 0 Å². The molecule has 5 atom stereocenters. The summed E-state index contributed by atoms with van der Waals surface area (Å²) >= 11 is 0. The predicted octanol–water partition coefficient (Wildman–Crippen LogP) is 4.35. The summed E-state index contributed by atoms with van der Waals surface area (Å²) in [5, 5.41) is 0. The van der Waals surface area contributed by atoms with Gasteiger partial charge in [-0.2, -0.15) is 0 Å². The van der Waals surface area contributed by atoms with Crippen LogP contribution in [0.4, 0.5) is 0 Å². The lowest BCUT2D eigenvalue weighted by atomic mass is 9.54. The highest BCUT2D eigenvalue weighted by Gasteiger charge is 2.67. The van der Waals surface area contributed by atoms with Gasteiger partial charge in [0.1, 0.15) is 0 Å². The second-order valence-electron chi connectivity index (χ2n) is 6.78. The molecule has 5 unspecified atom stereocenters. The van der Waals surface area contributed by atoms with E-state index in [1.807, 2.05) is 0 Å². The molecule has 0 N–H and O–H groups in total. The molecule has 2 saturated carbocycles. The van der Waals surface area contributed by atoms with Gasteiger partial charge in [0.05, 0.1) is 0 Å². The van der Waals surface area contributed by atoms with Crippen LogP contribution in [0.1, 0.15) is 54.4 Å². The maximum absolute atomic E-state index is 2.55. The van der Waals surface area contributed by atoms with Crippen LogP contribution in [0.15, 0.2) is 0 Å². The molecule has 2 fully saturated rings. The average Bonchev–Trinajstić information content (AvgIpc) is 2.76. The van der Waals surface area contributed by atoms with Crippen LogP contribution in [0.25, 0.3) is 0 Å². The van der Waals surface area contributed by atoms with Gasteiger partial charge in [-0.3, -0.25) is 0 Å². The lowest BCUT2D eigenvalue weighted by molar-refractivity contribution is -0.0210. The molecule has 0 saturated heterocycles. The first-order valence-electron chi connectivity index (χ1n) is 6.34. The van der Waals surface area contributed by atoms with Crippen LogP contribution in [0.2, 0.25) is 0 Å². The highest BCUT2D eigenvalue weighted by molar-refractivity contribution is 5.15. The van der Waals surface area contributed by atoms with E-state index in [0.29, 0.717) is 10.8 Å². The van der Waals surface area contributed by atoms with Gasteiger partial charge in [0.15, 0.2) is 0 Å². The maximum atomic E-state index is 2.55. The molecule has 2 aliphatic carbocycles. The molecule has 0 aromatic carbocycles. The fourth-order valence-corrected chi connectivity index (χ4v) is 4.60. The van der Waals surface area contributed by atoms with E-state index in [4.69, 9.17) is 0 Å². The Hall–Kier alpha value is 0. The van der Waals surface area contributed by atoms with Gasteiger partial charge in [-0.1, -0.05) is 41.5 Å². The molecule has 0 spiro atoms. The first-order valence-corrected chi connectivity index (χ1v) is 6.34. The van der Waals surface area contributed by atoms with Gasteiger partial charge in [-0.05, 0) is 47.3 Å². The lowest BCUT2D eigenvalue weighted by Gasteiger charge is -2.50. The first-order chi connectivity index (χ1) is 6.34. The van der Waals surface area contributed by atoms with Crippen molar-refractivity contribution >= 4 is 0 Å². The van der Waals surface area contributed by atoms with Crippen molar-refractivity contribution < 1.29 is 0 Å². The SMILES string of the molecule is CC1CC(C)C(C)(C(C)C)C2(C)CC12. The summed E-state index contributed by atoms with van der Waals surface area (Å²) in [5.74, 6) is 3.74. The van der Waals surface area contributed by atoms with Crippen molar-refractivity contribution in [2.75, 3.05) is 0 Å². The van der Waals surface area contributed by atoms with E-state index < -0.39 is 0 Å².